The zero-order valence-corrected chi connectivity index (χ0v) is 13.4. The number of hydrogen-bond acceptors (Lipinski definition) is 4. The molecular weight excluding hydrogens is 300 g/mol. The number of thioether (sulfide) groups is 1. The standard InChI is InChI=1S/C13H19ClN2OS2/c1-3-7-16(9-10-4-5-12(14)19-10)13(17)11(15)6-8-18-2/h3-5,11H,1,6-9,15H2,2H3/t11-/m0/s1. The summed E-state index contributed by atoms with van der Waals surface area (Å²) in [7, 11) is 0. The minimum Gasteiger partial charge on any atom is -0.332 e. The lowest BCUT2D eigenvalue weighted by atomic mass is 10.2. The van der Waals surface area contributed by atoms with Gasteiger partial charge in [0.05, 0.1) is 16.9 Å². The van der Waals surface area contributed by atoms with Gasteiger partial charge in [0.25, 0.3) is 0 Å². The monoisotopic (exact) mass is 318 g/mol. The van der Waals surface area contributed by atoms with E-state index < -0.39 is 6.04 Å². The Labute approximate surface area is 127 Å². The van der Waals surface area contributed by atoms with E-state index in [1.54, 1.807) is 22.7 Å². The first kappa shape index (κ1) is 16.6. The van der Waals surface area contributed by atoms with Crippen LogP contribution in [0.15, 0.2) is 24.8 Å². The zero-order chi connectivity index (χ0) is 14.3. The lowest BCUT2D eigenvalue weighted by Gasteiger charge is -2.24. The highest BCUT2D eigenvalue weighted by atomic mass is 35.5. The topological polar surface area (TPSA) is 46.3 Å². The van der Waals surface area contributed by atoms with Crippen LogP contribution < -0.4 is 5.73 Å². The molecule has 106 valence electrons. The first-order valence-corrected chi connectivity index (χ1v) is 8.55. The number of nitrogens with two attached hydrogens (primary N) is 1. The lowest BCUT2D eigenvalue weighted by molar-refractivity contribution is -0.132. The van der Waals surface area contributed by atoms with Gasteiger partial charge in [-0.1, -0.05) is 17.7 Å². The largest absolute Gasteiger partial charge is 0.332 e. The molecule has 3 nitrogen and oxygen atoms in total. The highest BCUT2D eigenvalue weighted by Gasteiger charge is 2.20. The normalized spacial score (nSPS) is 12.2. The molecule has 0 bridgehead atoms. The number of amides is 1. The number of rotatable bonds is 8. The van der Waals surface area contributed by atoms with E-state index in [0.29, 0.717) is 19.5 Å². The zero-order valence-electron chi connectivity index (χ0n) is 11.0. The predicted octanol–water partition coefficient (Wildman–Crippen LogP) is 3.00. The SMILES string of the molecule is C=CCN(Cc1ccc(Cl)s1)C(=O)[C@@H](N)CCSC. The van der Waals surface area contributed by atoms with Crippen LogP contribution in [0.3, 0.4) is 0 Å². The molecule has 0 aliphatic rings. The van der Waals surface area contributed by atoms with Crippen molar-refractivity contribution in [2.24, 2.45) is 5.73 Å². The highest BCUT2D eigenvalue weighted by Crippen LogP contribution is 2.23. The molecule has 1 heterocycles. The van der Waals surface area contributed by atoms with Crippen molar-refractivity contribution in [3.8, 4) is 0 Å². The minimum atomic E-state index is -0.442. The van der Waals surface area contributed by atoms with Crippen LogP contribution in [0.25, 0.3) is 0 Å². The Bertz CT molecular complexity index is 423. The van der Waals surface area contributed by atoms with Gasteiger partial charge in [0.2, 0.25) is 5.91 Å². The molecule has 0 saturated carbocycles. The Morgan fingerprint density at radius 1 is 1.68 bits per heavy atom. The smallest absolute Gasteiger partial charge is 0.240 e. The van der Waals surface area contributed by atoms with Crippen LogP contribution in [0.4, 0.5) is 0 Å². The van der Waals surface area contributed by atoms with Crippen molar-refractivity contribution in [2.45, 2.75) is 19.0 Å². The molecule has 0 spiro atoms. The third-order valence-corrected chi connectivity index (χ3v) is 4.45. The fraction of sp³-hybridized carbons (Fsp3) is 0.462. The van der Waals surface area contributed by atoms with Crippen LogP contribution in [-0.4, -0.2) is 35.4 Å². The first-order chi connectivity index (χ1) is 9.08. The molecule has 0 radical (unpaired) electrons. The van der Waals surface area contributed by atoms with E-state index in [9.17, 15) is 4.79 Å². The first-order valence-electron chi connectivity index (χ1n) is 5.97. The average Bonchev–Trinajstić information content (AvgIpc) is 2.80. The molecule has 1 rings (SSSR count). The number of nitrogens with zero attached hydrogens (tertiary/aromatic N) is 1. The van der Waals surface area contributed by atoms with Gasteiger partial charge in [-0.3, -0.25) is 4.79 Å². The van der Waals surface area contributed by atoms with Crippen LogP contribution in [-0.2, 0) is 11.3 Å². The Morgan fingerprint density at radius 2 is 2.42 bits per heavy atom. The maximum absolute atomic E-state index is 12.3. The Hall–Kier alpha value is -0.490. The molecule has 0 fully saturated rings. The summed E-state index contributed by atoms with van der Waals surface area (Å²) in [4.78, 5) is 15.0. The van der Waals surface area contributed by atoms with Crippen LogP contribution >= 0.6 is 34.7 Å². The summed E-state index contributed by atoms with van der Waals surface area (Å²) >= 11 is 9.07. The summed E-state index contributed by atoms with van der Waals surface area (Å²) in [6.45, 7) is 4.73. The van der Waals surface area contributed by atoms with Crippen LogP contribution in [0.1, 0.15) is 11.3 Å². The van der Waals surface area contributed by atoms with Crippen molar-refractivity contribution in [3.63, 3.8) is 0 Å². The second-order valence-electron chi connectivity index (χ2n) is 4.10. The van der Waals surface area contributed by atoms with Crippen LogP contribution in [0.5, 0.6) is 0 Å². The Balaban J connectivity index is 2.65. The quantitative estimate of drug-likeness (QED) is 0.749. The number of halogens is 1. The van der Waals surface area contributed by atoms with Crippen molar-refractivity contribution >= 4 is 40.6 Å². The molecule has 19 heavy (non-hydrogen) atoms. The van der Waals surface area contributed by atoms with Crippen molar-refractivity contribution in [1.29, 1.82) is 0 Å². The average molecular weight is 319 g/mol. The molecule has 2 N–H and O–H groups in total. The predicted molar refractivity (Wildman–Crippen MR) is 85.9 cm³/mol. The number of carbonyl (C=O) groups excluding carboxylic acids is 1. The van der Waals surface area contributed by atoms with E-state index >= 15 is 0 Å². The molecule has 6 heteroatoms. The third kappa shape index (κ3) is 5.57. The lowest BCUT2D eigenvalue weighted by Crippen LogP contribution is -2.43. The number of hydrogen-bond donors (Lipinski definition) is 1. The summed E-state index contributed by atoms with van der Waals surface area (Å²) < 4.78 is 0.729. The van der Waals surface area contributed by atoms with E-state index in [-0.39, 0.29) is 5.91 Å². The van der Waals surface area contributed by atoms with Gasteiger partial charge in [-0.05, 0) is 30.6 Å². The van der Waals surface area contributed by atoms with Gasteiger partial charge in [0, 0.05) is 11.4 Å². The van der Waals surface area contributed by atoms with Crippen molar-refractivity contribution in [3.05, 3.63) is 34.0 Å². The van der Waals surface area contributed by atoms with Crippen LogP contribution in [0.2, 0.25) is 4.34 Å². The van der Waals surface area contributed by atoms with Gasteiger partial charge >= 0.3 is 0 Å². The maximum Gasteiger partial charge on any atom is 0.240 e. The van der Waals surface area contributed by atoms with E-state index in [2.05, 4.69) is 6.58 Å². The molecule has 0 unspecified atom stereocenters. The molecule has 1 aromatic rings. The highest BCUT2D eigenvalue weighted by molar-refractivity contribution is 7.98. The van der Waals surface area contributed by atoms with Gasteiger partial charge in [-0.15, -0.1) is 17.9 Å². The second kappa shape index (κ2) is 8.64. The second-order valence-corrected chi connectivity index (χ2v) is 6.89. The molecule has 1 atom stereocenters. The fourth-order valence-corrected chi connectivity index (χ4v) is 3.21. The van der Waals surface area contributed by atoms with Crippen LogP contribution in [0, 0.1) is 0 Å². The fourth-order valence-electron chi connectivity index (χ4n) is 1.62. The Kier molecular flexibility index (Phi) is 7.53. The van der Waals surface area contributed by atoms with Gasteiger partial charge < -0.3 is 10.6 Å². The molecular formula is C13H19ClN2OS2. The van der Waals surface area contributed by atoms with E-state index in [1.165, 1.54) is 11.3 Å². The van der Waals surface area contributed by atoms with E-state index in [4.69, 9.17) is 17.3 Å². The van der Waals surface area contributed by atoms with Gasteiger partial charge in [0.1, 0.15) is 0 Å². The molecule has 1 aromatic heterocycles. The molecule has 0 aromatic carbocycles. The van der Waals surface area contributed by atoms with E-state index in [1.807, 2.05) is 18.4 Å². The molecule has 0 saturated heterocycles. The van der Waals surface area contributed by atoms with Crippen molar-refractivity contribution in [2.75, 3.05) is 18.6 Å². The molecule has 1 amide bonds. The summed E-state index contributed by atoms with van der Waals surface area (Å²) in [5, 5.41) is 0. The molecule has 0 aliphatic heterocycles. The molecule has 0 aliphatic carbocycles. The van der Waals surface area contributed by atoms with E-state index in [0.717, 1.165) is 15.0 Å². The summed E-state index contributed by atoms with van der Waals surface area (Å²) in [6, 6.07) is 3.33. The summed E-state index contributed by atoms with van der Waals surface area (Å²) in [5.74, 6) is 0.859. The Morgan fingerprint density at radius 3 is 2.95 bits per heavy atom. The van der Waals surface area contributed by atoms with Gasteiger partial charge in [0.15, 0.2) is 0 Å². The maximum atomic E-state index is 12.3. The summed E-state index contributed by atoms with van der Waals surface area (Å²) in [5.41, 5.74) is 5.93. The van der Waals surface area contributed by atoms with Gasteiger partial charge in [-0.25, -0.2) is 0 Å². The minimum absolute atomic E-state index is 0.0292. The number of carbonyl (C=O) groups is 1. The summed E-state index contributed by atoms with van der Waals surface area (Å²) in [6.07, 6.45) is 4.42. The number of thiophene rings is 1. The van der Waals surface area contributed by atoms with Gasteiger partial charge in [-0.2, -0.15) is 11.8 Å². The van der Waals surface area contributed by atoms with Crippen molar-refractivity contribution in [1.82, 2.24) is 4.90 Å². The van der Waals surface area contributed by atoms with Crippen molar-refractivity contribution < 1.29 is 4.79 Å². The third-order valence-electron chi connectivity index (χ3n) is 2.59.